The van der Waals surface area contributed by atoms with E-state index in [9.17, 15) is 9.59 Å². The van der Waals surface area contributed by atoms with Gasteiger partial charge < -0.3 is 24.2 Å². The predicted molar refractivity (Wildman–Crippen MR) is 198 cm³/mol. The van der Waals surface area contributed by atoms with Crippen molar-refractivity contribution in [2.24, 2.45) is 5.41 Å². The molecular weight excluding hydrogens is 656 g/mol. The molecule has 3 atom stereocenters. The Hall–Kier alpha value is -5.08. The topological polar surface area (TPSA) is 126 Å². The molecule has 3 aliphatic rings. The van der Waals surface area contributed by atoms with Gasteiger partial charge in [-0.1, -0.05) is 36.1 Å². The number of hydrogen-bond acceptors (Lipinski definition) is 7. The van der Waals surface area contributed by atoms with Gasteiger partial charge >= 0.3 is 12.2 Å². The maximum Gasteiger partial charge on any atom is 0.411 e. The van der Waals surface area contributed by atoms with E-state index in [4.69, 9.17) is 24.2 Å². The molecule has 0 saturated carbocycles. The third-order valence-electron chi connectivity index (χ3n) is 9.96. The number of nitrogens with zero attached hydrogens (tertiary/aromatic N) is 4. The number of aromatic nitrogens is 4. The lowest BCUT2D eigenvalue weighted by molar-refractivity contribution is 0.00870. The number of carbonyl (C=O) groups excluding carboxylic acids is 2. The summed E-state index contributed by atoms with van der Waals surface area (Å²) in [5.74, 6) is 8.00. The quantitative estimate of drug-likeness (QED) is 0.164. The van der Waals surface area contributed by atoms with Gasteiger partial charge in [-0.3, -0.25) is 9.80 Å². The van der Waals surface area contributed by atoms with Crippen molar-refractivity contribution in [3.63, 3.8) is 0 Å². The van der Waals surface area contributed by atoms with Crippen molar-refractivity contribution in [2.75, 3.05) is 26.3 Å². The Labute approximate surface area is 305 Å². The summed E-state index contributed by atoms with van der Waals surface area (Å²) < 4.78 is 17.3. The minimum absolute atomic E-state index is 0.0842. The van der Waals surface area contributed by atoms with Crippen molar-refractivity contribution in [3.05, 3.63) is 83.6 Å². The summed E-state index contributed by atoms with van der Waals surface area (Å²) in [6, 6.07) is 13.7. The van der Waals surface area contributed by atoms with Gasteiger partial charge in [0.05, 0.1) is 35.6 Å². The average Bonchev–Trinajstić information content (AvgIpc) is 3.90. The first kappa shape index (κ1) is 35.3. The van der Waals surface area contributed by atoms with Gasteiger partial charge in [0.25, 0.3) is 0 Å². The lowest BCUT2D eigenvalue weighted by Gasteiger charge is -2.34. The molecule has 0 unspecified atom stereocenters. The molecule has 2 aromatic heterocycles. The molecule has 1 spiro atoms. The van der Waals surface area contributed by atoms with Gasteiger partial charge in [-0.05, 0) is 97.2 Å². The molecular formula is C41H48N6O5. The molecule has 7 rings (SSSR count). The molecule has 52 heavy (non-hydrogen) atoms. The van der Waals surface area contributed by atoms with Crippen LogP contribution in [0.2, 0.25) is 0 Å². The Bertz CT molecular complexity index is 2080. The first-order chi connectivity index (χ1) is 24.5. The summed E-state index contributed by atoms with van der Waals surface area (Å²) in [7, 11) is 0. The van der Waals surface area contributed by atoms with Gasteiger partial charge in [-0.15, -0.1) is 0 Å². The third kappa shape index (κ3) is 7.17. The number of likely N-dealkylation sites (tertiary alicyclic amines) is 2. The standard InChI is InChI=1S/C41H48N6O5/c1-26-20-40(8,47(23-26)37(49)52-39(5,6)7)35-42-22-32(45-35)29-14-11-27(12-15-29)9-10-28-13-16-30-31(19-28)44-34(43-30)33-21-41(17-18-50-25-41)24-46(33)36(48)51-38(2,3)4/h11-16,19,22,33H,1,17-18,20-21,23-25H2,2-8H3,(H,42,45)(H,43,44)/t33-,40+,41+/m0/s1. The highest BCUT2D eigenvalue weighted by molar-refractivity contribution is 5.78. The Morgan fingerprint density at radius 1 is 0.981 bits per heavy atom. The predicted octanol–water partition coefficient (Wildman–Crippen LogP) is 7.85. The van der Waals surface area contributed by atoms with Crippen molar-refractivity contribution in [2.45, 2.75) is 90.5 Å². The van der Waals surface area contributed by atoms with Crippen molar-refractivity contribution in [3.8, 4) is 23.1 Å². The molecule has 2 amide bonds. The second-order valence-corrected chi connectivity index (χ2v) is 16.7. The molecule has 2 aromatic carbocycles. The van der Waals surface area contributed by atoms with Crippen molar-refractivity contribution in [1.29, 1.82) is 0 Å². The molecule has 272 valence electrons. The summed E-state index contributed by atoms with van der Waals surface area (Å²) >= 11 is 0. The number of aromatic amines is 2. The SMILES string of the molecule is C=C1CN(C(=O)OC(C)(C)C)[C@@](C)(c2ncc(-c3ccc(C#Cc4ccc5nc([C@@H]6C[C@]7(CCOC7)CN6C(=O)OC(C)(C)C)[nH]c5c4)cc3)[nH]2)C1. The van der Waals surface area contributed by atoms with Gasteiger partial charge in [0.1, 0.15) is 28.4 Å². The van der Waals surface area contributed by atoms with Crippen molar-refractivity contribution in [1.82, 2.24) is 29.7 Å². The minimum Gasteiger partial charge on any atom is -0.444 e. The number of imidazole rings is 2. The number of carbonyl (C=O) groups is 2. The Morgan fingerprint density at radius 2 is 1.67 bits per heavy atom. The van der Waals surface area contributed by atoms with E-state index in [1.54, 1.807) is 11.1 Å². The molecule has 0 radical (unpaired) electrons. The Kier molecular flexibility index (Phi) is 8.73. The number of hydrogen-bond donors (Lipinski definition) is 2. The number of amides is 2. The maximum atomic E-state index is 13.3. The summed E-state index contributed by atoms with van der Waals surface area (Å²) in [5, 5.41) is 0. The zero-order chi connectivity index (χ0) is 37.1. The monoisotopic (exact) mass is 704 g/mol. The van der Waals surface area contributed by atoms with E-state index in [-0.39, 0.29) is 23.6 Å². The highest BCUT2D eigenvalue weighted by Crippen LogP contribution is 2.48. The van der Waals surface area contributed by atoms with Crippen LogP contribution in [-0.4, -0.2) is 79.4 Å². The van der Waals surface area contributed by atoms with Crippen molar-refractivity contribution >= 4 is 23.2 Å². The molecule has 11 heteroatoms. The van der Waals surface area contributed by atoms with E-state index in [0.29, 0.717) is 38.5 Å². The fraction of sp³-hybridized carbons (Fsp3) is 0.463. The van der Waals surface area contributed by atoms with Crippen LogP contribution in [0, 0.1) is 17.3 Å². The van der Waals surface area contributed by atoms with Gasteiger partial charge in [0, 0.05) is 42.7 Å². The van der Waals surface area contributed by atoms with Crippen LogP contribution in [0.5, 0.6) is 0 Å². The van der Waals surface area contributed by atoms with Crippen LogP contribution in [0.1, 0.15) is 96.5 Å². The Balaban J connectivity index is 1.06. The van der Waals surface area contributed by atoms with Gasteiger partial charge in [-0.2, -0.15) is 0 Å². The van der Waals surface area contributed by atoms with Crippen LogP contribution in [0.3, 0.4) is 0 Å². The molecule has 2 N–H and O–H groups in total. The van der Waals surface area contributed by atoms with Gasteiger partial charge in [-0.25, -0.2) is 19.6 Å². The lowest BCUT2D eigenvalue weighted by atomic mass is 9.85. The first-order valence-corrected chi connectivity index (χ1v) is 17.9. The summed E-state index contributed by atoms with van der Waals surface area (Å²) in [5.41, 5.74) is 4.18. The second-order valence-electron chi connectivity index (χ2n) is 16.7. The zero-order valence-corrected chi connectivity index (χ0v) is 31.2. The van der Waals surface area contributed by atoms with E-state index in [2.05, 4.69) is 28.4 Å². The highest BCUT2D eigenvalue weighted by Gasteiger charge is 2.51. The van der Waals surface area contributed by atoms with Gasteiger partial charge in [0.2, 0.25) is 0 Å². The zero-order valence-electron chi connectivity index (χ0n) is 31.2. The van der Waals surface area contributed by atoms with Gasteiger partial charge in [0.15, 0.2) is 0 Å². The molecule has 3 fully saturated rings. The highest BCUT2D eigenvalue weighted by atomic mass is 16.6. The van der Waals surface area contributed by atoms with E-state index in [1.165, 1.54) is 0 Å². The summed E-state index contributed by atoms with van der Waals surface area (Å²) in [4.78, 5) is 46.5. The molecule has 5 heterocycles. The third-order valence-corrected chi connectivity index (χ3v) is 9.96. The molecule has 0 bridgehead atoms. The van der Waals surface area contributed by atoms with Crippen LogP contribution in [0.15, 0.2) is 60.8 Å². The van der Waals surface area contributed by atoms with Crippen LogP contribution >= 0.6 is 0 Å². The van der Waals surface area contributed by atoms with E-state index in [1.807, 2.05) is 95.8 Å². The van der Waals surface area contributed by atoms with Crippen molar-refractivity contribution < 1.29 is 23.8 Å². The normalized spacial score (nSPS) is 23.4. The number of nitrogens with one attached hydrogen (secondary N) is 2. The smallest absolute Gasteiger partial charge is 0.411 e. The number of ether oxygens (including phenoxy) is 3. The number of fused-ring (bicyclic) bond motifs is 1. The second kappa shape index (κ2) is 12.8. The summed E-state index contributed by atoms with van der Waals surface area (Å²) in [6.45, 7) is 19.7. The molecule has 4 aromatic rings. The number of benzene rings is 2. The molecule has 3 saturated heterocycles. The van der Waals surface area contributed by atoms with E-state index >= 15 is 0 Å². The van der Waals surface area contributed by atoms with Crippen LogP contribution in [0.25, 0.3) is 22.3 Å². The maximum absolute atomic E-state index is 13.3. The van der Waals surface area contributed by atoms with Crippen LogP contribution < -0.4 is 0 Å². The largest absolute Gasteiger partial charge is 0.444 e. The average molecular weight is 705 g/mol. The fourth-order valence-electron chi connectivity index (χ4n) is 7.46. The van der Waals surface area contributed by atoms with E-state index in [0.717, 1.165) is 57.7 Å². The Morgan fingerprint density at radius 3 is 2.37 bits per heavy atom. The summed E-state index contributed by atoms with van der Waals surface area (Å²) in [6.07, 6.45) is 3.37. The molecule has 11 nitrogen and oxygen atoms in total. The molecule has 3 aliphatic heterocycles. The fourth-order valence-corrected chi connectivity index (χ4v) is 7.46. The minimum atomic E-state index is -0.693. The first-order valence-electron chi connectivity index (χ1n) is 17.9. The lowest BCUT2D eigenvalue weighted by Crippen LogP contribution is -2.46. The van der Waals surface area contributed by atoms with Crippen LogP contribution in [0.4, 0.5) is 9.59 Å². The number of H-pyrrole nitrogens is 2. The van der Waals surface area contributed by atoms with Crippen LogP contribution in [-0.2, 0) is 19.7 Å². The number of rotatable bonds is 3. The van der Waals surface area contributed by atoms with E-state index < -0.39 is 16.7 Å². The molecule has 0 aliphatic carbocycles.